The molecular weight excluding hydrogens is 586 g/mol. The zero-order valence-electron chi connectivity index (χ0n) is 22.0. The molecule has 0 unspecified atom stereocenters. The van der Waals surface area contributed by atoms with Crippen LogP contribution in [0.2, 0.25) is 5.02 Å². The minimum atomic E-state index is -0.701. The first-order valence-electron chi connectivity index (χ1n) is 12.7. The van der Waals surface area contributed by atoms with Gasteiger partial charge in [-0.2, -0.15) is 0 Å². The van der Waals surface area contributed by atoms with Crippen molar-refractivity contribution in [3.63, 3.8) is 0 Å². The van der Waals surface area contributed by atoms with E-state index in [-0.39, 0.29) is 13.2 Å². The van der Waals surface area contributed by atoms with E-state index < -0.39 is 18.0 Å². The molecule has 2 N–H and O–H groups in total. The molecular formula is C28H20ClN5O7S. The molecule has 0 aliphatic carbocycles. The van der Waals surface area contributed by atoms with Crippen molar-refractivity contribution >= 4 is 67.1 Å². The Bertz CT molecular complexity index is 2090. The monoisotopic (exact) mass is 605 g/mol. The van der Waals surface area contributed by atoms with Gasteiger partial charge in [0.25, 0.3) is 0 Å². The fourth-order valence-corrected chi connectivity index (χ4v) is 6.06. The summed E-state index contributed by atoms with van der Waals surface area (Å²) in [7, 11) is 1.55. The van der Waals surface area contributed by atoms with E-state index in [2.05, 4.69) is 20.3 Å². The van der Waals surface area contributed by atoms with Gasteiger partial charge in [-0.05, 0) is 36.8 Å². The fraction of sp³-hybridized carbons (Fsp3) is 0.179. The number of hydrogen-bond donors (Lipinski definition) is 2. The number of benzene rings is 3. The standard InChI is InChI=1S/C28H20ClN5O7S/c1-12-5-15(22-18(6-12)32-21(37-2)9-30-22)26-34-23-16(29)8-20-24(25(23)42-26)38-10-14(40-20)11-39-27(35)31-13-3-4-17-19(7-13)41-28(36)33-17/h3-9,14H,10-11H2,1-2H3,(H,31,35)(H,33,36)/t14-/m1/s1. The minimum absolute atomic E-state index is 0.0756. The van der Waals surface area contributed by atoms with Gasteiger partial charge in [-0.3, -0.25) is 10.3 Å². The Kier molecular flexibility index (Phi) is 6.32. The van der Waals surface area contributed by atoms with Crippen molar-refractivity contribution in [2.45, 2.75) is 13.0 Å². The van der Waals surface area contributed by atoms with Crippen LogP contribution in [0.4, 0.5) is 10.5 Å². The second-order valence-corrected chi connectivity index (χ2v) is 10.9. The predicted octanol–water partition coefficient (Wildman–Crippen LogP) is 5.70. The number of nitrogens with zero attached hydrogens (tertiary/aromatic N) is 3. The number of rotatable bonds is 5. The highest BCUT2D eigenvalue weighted by Crippen LogP contribution is 2.47. The van der Waals surface area contributed by atoms with Crippen LogP contribution in [-0.2, 0) is 4.74 Å². The van der Waals surface area contributed by atoms with Crippen molar-refractivity contribution < 1.29 is 28.2 Å². The van der Waals surface area contributed by atoms with Crippen LogP contribution in [0.5, 0.6) is 17.4 Å². The van der Waals surface area contributed by atoms with Crippen LogP contribution in [0.25, 0.3) is 42.9 Å². The van der Waals surface area contributed by atoms with Crippen LogP contribution in [0, 0.1) is 6.92 Å². The van der Waals surface area contributed by atoms with Gasteiger partial charge < -0.3 is 23.4 Å². The molecule has 0 saturated carbocycles. The number of aromatic nitrogens is 4. The number of aromatic amines is 1. The topological polar surface area (TPSA) is 151 Å². The summed E-state index contributed by atoms with van der Waals surface area (Å²) in [5, 5.41) is 3.70. The van der Waals surface area contributed by atoms with Crippen molar-refractivity contribution in [3.8, 4) is 28.0 Å². The normalized spacial score (nSPS) is 14.4. The van der Waals surface area contributed by atoms with E-state index in [4.69, 9.17) is 39.9 Å². The number of anilines is 1. The van der Waals surface area contributed by atoms with Crippen molar-refractivity contribution in [1.82, 2.24) is 19.9 Å². The molecule has 212 valence electrons. The summed E-state index contributed by atoms with van der Waals surface area (Å²) in [6, 6.07) is 10.3. The van der Waals surface area contributed by atoms with Gasteiger partial charge in [-0.1, -0.05) is 11.6 Å². The van der Waals surface area contributed by atoms with Crippen molar-refractivity contribution in [3.05, 3.63) is 63.7 Å². The van der Waals surface area contributed by atoms with E-state index in [0.717, 1.165) is 15.8 Å². The Morgan fingerprint density at radius 1 is 1.21 bits per heavy atom. The quantitative estimate of drug-likeness (QED) is 0.250. The van der Waals surface area contributed by atoms with Gasteiger partial charge in [0.05, 0.1) is 34.9 Å². The number of H-pyrrole nitrogens is 1. The number of ether oxygens (including phenoxy) is 4. The van der Waals surface area contributed by atoms with Crippen molar-refractivity contribution in [1.29, 1.82) is 0 Å². The van der Waals surface area contributed by atoms with Crippen LogP contribution >= 0.6 is 22.9 Å². The highest BCUT2D eigenvalue weighted by Gasteiger charge is 2.28. The average Bonchev–Trinajstić information content (AvgIpc) is 3.59. The molecule has 3 aromatic heterocycles. The fourth-order valence-electron chi connectivity index (χ4n) is 4.66. The third-order valence-corrected chi connectivity index (χ3v) is 7.90. The van der Waals surface area contributed by atoms with E-state index in [1.54, 1.807) is 31.5 Å². The van der Waals surface area contributed by atoms with Gasteiger partial charge >= 0.3 is 11.8 Å². The number of hydrogen-bond acceptors (Lipinski definition) is 11. The molecule has 14 heteroatoms. The molecule has 0 saturated heterocycles. The molecule has 3 aromatic carbocycles. The lowest BCUT2D eigenvalue weighted by atomic mass is 10.1. The summed E-state index contributed by atoms with van der Waals surface area (Å²) in [5.74, 6) is 0.792. The van der Waals surface area contributed by atoms with Gasteiger partial charge in [-0.15, -0.1) is 11.3 Å². The number of fused-ring (bicyclic) bond motifs is 5. The highest BCUT2D eigenvalue weighted by molar-refractivity contribution is 7.22. The number of carbonyl (C=O) groups is 1. The zero-order chi connectivity index (χ0) is 29.0. The molecule has 0 spiro atoms. The number of carbonyl (C=O) groups excluding carboxylic acids is 1. The smallest absolute Gasteiger partial charge is 0.417 e. The predicted molar refractivity (Wildman–Crippen MR) is 156 cm³/mol. The average molecular weight is 606 g/mol. The van der Waals surface area contributed by atoms with Crippen LogP contribution in [0.1, 0.15) is 5.56 Å². The lowest BCUT2D eigenvalue weighted by molar-refractivity contribution is 0.0384. The molecule has 6 aromatic rings. The lowest BCUT2D eigenvalue weighted by Crippen LogP contribution is -2.35. The summed E-state index contributed by atoms with van der Waals surface area (Å²) in [5.41, 5.74) is 5.02. The number of halogens is 1. The van der Waals surface area contributed by atoms with E-state index in [1.807, 2.05) is 19.1 Å². The van der Waals surface area contributed by atoms with Crippen molar-refractivity contribution in [2.75, 3.05) is 25.6 Å². The maximum Gasteiger partial charge on any atom is 0.417 e. The number of aryl methyl sites for hydroxylation is 1. The maximum atomic E-state index is 12.4. The number of oxazole rings is 1. The maximum absolute atomic E-state index is 12.4. The second kappa shape index (κ2) is 10.2. The van der Waals surface area contributed by atoms with E-state index in [1.165, 1.54) is 17.4 Å². The van der Waals surface area contributed by atoms with Gasteiger partial charge in [0.1, 0.15) is 28.4 Å². The first kappa shape index (κ1) is 26.0. The van der Waals surface area contributed by atoms with Crippen LogP contribution < -0.4 is 25.3 Å². The third-order valence-electron chi connectivity index (χ3n) is 6.52. The van der Waals surface area contributed by atoms with Gasteiger partial charge in [0.2, 0.25) is 5.88 Å². The molecule has 7 rings (SSSR count). The minimum Gasteiger partial charge on any atom is -0.484 e. The van der Waals surface area contributed by atoms with Gasteiger partial charge in [0.15, 0.2) is 23.2 Å². The number of methoxy groups -OCH3 is 1. The molecule has 12 nitrogen and oxygen atoms in total. The Labute approximate surface area is 245 Å². The number of amides is 1. The Morgan fingerprint density at radius 2 is 2.10 bits per heavy atom. The molecule has 1 atom stereocenters. The first-order chi connectivity index (χ1) is 20.3. The lowest BCUT2D eigenvalue weighted by Gasteiger charge is -2.26. The molecule has 1 aliphatic heterocycles. The van der Waals surface area contributed by atoms with Crippen LogP contribution in [0.15, 0.2) is 51.8 Å². The summed E-state index contributed by atoms with van der Waals surface area (Å²) in [4.78, 5) is 40.2. The summed E-state index contributed by atoms with van der Waals surface area (Å²) in [6.45, 7) is 2.04. The molecule has 4 heterocycles. The molecule has 0 radical (unpaired) electrons. The zero-order valence-corrected chi connectivity index (χ0v) is 23.6. The summed E-state index contributed by atoms with van der Waals surface area (Å²) < 4.78 is 28.5. The SMILES string of the molecule is COc1cnc2c(-c3nc4c(Cl)cc5c(c4s3)OC[C@H](COC(=O)Nc3ccc4[nH]c(=O)oc4c3)O5)cc(C)cc2n1. The highest BCUT2D eigenvalue weighted by atomic mass is 35.5. The Morgan fingerprint density at radius 3 is 2.95 bits per heavy atom. The number of nitrogens with one attached hydrogen (secondary N) is 2. The molecule has 42 heavy (non-hydrogen) atoms. The van der Waals surface area contributed by atoms with Crippen LogP contribution in [-0.4, -0.2) is 52.5 Å². The van der Waals surface area contributed by atoms with Gasteiger partial charge in [0, 0.05) is 23.4 Å². The van der Waals surface area contributed by atoms with Gasteiger partial charge in [-0.25, -0.2) is 24.5 Å². The molecule has 1 aliphatic rings. The third kappa shape index (κ3) is 4.72. The number of thiazole rings is 1. The Hall–Kier alpha value is -4.88. The van der Waals surface area contributed by atoms with Crippen LogP contribution in [0.3, 0.4) is 0 Å². The van der Waals surface area contributed by atoms with E-state index in [9.17, 15) is 9.59 Å². The summed E-state index contributed by atoms with van der Waals surface area (Å²) in [6.07, 6.45) is 0.302. The van der Waals surface area contributed by atoms with E-state index >= 15 is 0 Å². The molecule has 1 amide bonds. The second-order valence-electron chi connectivity index (χ2n) is 9.47. The molecule has 0 bridgehead atoms. The molecule has 0 fully saturated rings. The largest absolute Gasteiger partial charge is 0.484 e. The summed E-state index contributed by atoms with van der Waals surface area (Å²) >= 11 is 8.04. The Balaban J connectivity index is 1.10. The van der Waals surface area contributed by atoms with Crippen molar-refractivity contribution in [2.24, 2.45) is 0 Å². The van der Waals surface area contributed by atoms with E-state index in [0.29, 0.717) is 60.7 Å². The first-order valence-corrected chi connectivity index (χ1v) is 13.8.